The van der Waals surface area contributed by atoms with Crippen LogP contribution >= 0.6 is 0 Å². The number of rotatable bonds is 4. The highest BCUT2D eigenvalue weighted by Crippen LogP contribution is 2.20. The van der Waals surface area contributed by atoms with Crippen molar-refractivity contribution in [1.82, 2.24) is 14.7 Å². The Kier molecular flexibility index (Phi) is 4.80. The molecular formula is C17H18N4O4S. The molecule has 8 nitrogen and oxygen atoms in total. The highest BCUT2D eigenvalue weighted by atomic mass is 32.2. The van der Waals surface area contributed by atoms with Gasteiger partial charge in [0.15, 0.2) is 0 Å². The first-order chi connectivity index (χ1) is 12.3. The minimum Gasteiger partial charge on any atom is -0.386 e. The summed E-state index contributed by atoms with van der Waals surface area (Å²) in [6.45, 7) is 1.23. The second-order valence-corrected chi connectivity index (χ2v) is 8.49. The smallest absolute Gasteiger partial charge is 0.254 e. The van der Waals surface area contributed by atoms with Crippen molar-refractivity contribution in [2.24, 2.45) is 0 Å². The van der Waals surface area contributed by atoms with Crippen LogP contribution in [0.4, 0.5) is 0 Å². The summed E-state index contributed by atoms with van der Waals surface area (Å²) in [5, 5.41) is 23.1. The van der Waals surface area contributed by atoms with E-state index in [-0.39, 0.29) is 11.6 Å². The third-order valence-corrected chi connectivity index (χ3v) is 5.09. The molecule has 1 N–H and O–H groups in total. The summed E-state index contributed by atoms with van der Waals surface area (Å²) >= 11 is 0. The zero-order chi connectivity index (χ0) is 18.9. The number of carbonyl (C=O) groups excluding carboxylic acids is 1. The summed E-state index contributed by atoms with van der Waals surface area (Å²) in [4.78, 5) is 14.3. The van der Waals surface area contributed by atoms with E-state index in [1.54, 1.807) is 39.9 Å². The van der Waals surface area contributed by atoms with Crippen molar-refractivity contribution in [1.29, 1.82) is 5.26 Å². The van der Waals surface area contributed by atoms with E-state index in [1.807, 2.05) is 6.07 Å². The van der Waals surface area contributed by atoms with Gasteiger partial charge in [0, 0.05) is 18.4 Å². The van der Waals surface area contributed by atoms with Crippen molar-refractivity contribution in [2.75, 3.05) is 18.6 Å². The number of fused-ring (bicyclic) bond motifs is 1. The Labute approximate surface area is 151 Å². The zero-order valence-corrected chi connectivity index (χ0v) is 15.0. The number of nitrogens with zero attached hydrogens (tertiary/aromatic N) is 4. The first-order valence-electron chi connectivity index (χ1n) is 7.98. The van der Waals surface area contributed by atoms with Crippen LogP contribution in [0.15, 0.2) is 30.3 Å². The summed E-state index contributed by atoms with van der Waals surface area (Å²) < 4.78 is 24.4. The molecule has 3 rings (SSSR count). The van der Waals surface area contributed by atoms with Crippen molar-refractivity contribution in [3.8, 4) is 6.07 Å². The fraction of sp³-hybridized carbons (Fsp3) is 0.353. The van der Waals surface area contributed by atoms with Crippen molar-refractivity contribution in [3.05, 3.63) is 52.8 Å². The molecule has 1 amide bonds. The van der Waals surface area contributed by atoms with E-state index in [0.29, 0.717) is 30.8 Å². The van der Waals surface area contributed by atoms with Crippen LogP contribution < -0.4 is 0 Å². The van der Waals surface area contributed by atoms with Crippen LogP contribution in [-0.2, 0) is 22.9 Å². The van der Waals surface area contributed by atoms with Crippen LogP contribution in [0.2, 0.25) is 0 Å². The predicted molar refractivity (Wildman–Crippen MR) is 92.8 cm³/mol. The van der Waals surface area contributed by atoms with Crippen LogP contribution in [0.5, 0.6) is 0 Å². The summed E-state index contributed by atoms with van der Waals surface area (Å²) in [5.41, 5.74) is 2.01. The molecule has 26 heavy (non-hydrogen) atoms. The minimum absolute atomic E-state index is 0.153. The van der Waals surface area contributed by atoms with Crippen LogP contribution in [0, 0.1) is 11.3 Å². The average molecular weight is 374 g/mol. The standard InChI is InChI=1S/C17H18N4O4S/c1-26(24,25)11-16(22)15-8-14-10-20(6-7-21(14)19-15)17(23)13-4-2-12(9-18)3-5-13/h2-5,8,16,22H,6-7,10-11H2,1H3/t16-/m1/s1. The van der Waals surface area contributed by atoms with Gasteiger partial charge in [0.25, 0.3) is 5.91 Å². The Balaban J connectivity index is 1.75. The first-order valence-corrected chi connectivity index (χ1v) is 10.0. The zero-order valence-electron chi connectivity index (χ0n) is 14.2. The Morgan fingerprint density at radius 1 is 1.35 bits per heavy atom. The number of sulfone groups is 1. The van der Waals surface area contributed by atoms with Crippen molar-refractivity contribution in [2.45, 2.75) is 19.2 Å². The number of amides is 1. The molecule has 2 aromatic rings. The van der Waals surface area contributed by atoms with Gasteiger partial charge in [-0.3, -0.25) is 9.48 Å². The van der Waals surface area contributed by atoms with E-state index in [2.05, 4.69) is 5.10 Å². The van der Waals surface area contributed by atoms with Crippen molar-refractivity contribution in [3.63, 3.8) is 0 Å². The van der Waals surface area contributed by atoms with Gasteiger partial charge in [0.05, 0.1) is 41.9 Å². The Morgan fingerprint density at radius 2 is 2.04 bits per heavy atom. The van der Waals surface area contributed by atoms with Crippen molar-refractivity contribution < 1.29 is 18.3 Å². The number of aliphatic hydroxyl groups is 1. The third kappa shape index (κ3) is 3.92. The molecule has 1 aliphatic rings. The second-order valence-electron chi connectivity index (χ2n) is 6.31. The number of aliphatic hydroxyl groups excluding tert-OH is 1. The molecule has 1 aromatic carbocycles. The number of carbonyl (C=O) groups is 1. The lowest BCUT2D eigenvalue weighted by Gasteiger charge is -2.27. The highest BCUT2D eigenvalue weighted by molar-refractivity contribution is 7.90. The Hall–Kier alpha value is -2.70. The maximum Gasteiger partial charge on any atom is 0.254 e. The summed E-state index contributed by atoms with van der Waals surface area (Å²) in [6, 6.07) is 10.1. The molecule has 136 valence electrons. The molecule has 0 radical (unpaired) electrons. The molecule has 0 fully saturated rings. The molecular weight excluding hydrogens is 356 g/mol. The van der Waals surface area contributed by atoms with E-state index >= 15 is 0 Å². The molecule has 0 saturated heterocycles. The summed E-state index contributed by atoms with van der Waals surface area (Å²) in [7, 11) is -3.33. The lowest BCUT2D eigenvalue weighted by Crippen LogP contribution is -2.38. The van der Waals surface area contributed by atoms with Gasteiger partial charge in [-0.2, -0.15) is 10.4 Å². The van der Waals surface area contributed by atoms with Gasteiger partial charge in [-0.25, -0.2) is 8.42 Å². The lowest BCUT2D eigenvalue weighted by atomic mass is 10.1. The molecule has 0 saturated carbocycles. The van der Waals surface area contributed by atoms with Gasteiger partial charge in [-0.1, -0.05) is 0 Å². The highest BCUT2D eigenvalue weighted by Gasteiger charge is 2.25. The number of benzene rings is 1. The molecule has 1 aliphatic heterocycles. The van der Waals surface area contributed by atoms with E-state index in [4.69, 9.17) is 5.26 Å². The molecule has 2 heterocycles. The number of aromatic nitrogens is 2. The summed E-state index contributed by atoms with van der Waals surface area (Å²) in [6.07, 6.45) is -0.129. The number of hydrogen-bond donors (Lipinski definition) is 1. The van der Waals surface area contributed by atoms with Gasteiger partial charge < -0.3 is 10.0 Å². The SMILES string of the molecule is CS(=O)(=O)C[C@@H](O)c1cc2n(n1)CCN(C(=O)c1ccc(C#N)cc1)C2. The molecule has 1 atom stereocenters. The normalized spacial score (nSPS) is 15.2. The van der Waals surface area contributed by atoms with Crippen LogP contribution in [0.25, 0.3) is 0 Å². The van der Waals surface area contributed by atoms with Crippen molar-refractivity contribution >= 4 is 15.7 Å². The van der Waals surface area contributed by atoms with Gasteiger partial charge in [0.2, 0.25) is 0 Å². The first kappa shape index (κ1) is 18.1. The maximum absolute atomic E-state index is 12.6. The van der Waals surface area contributed by atoms with Gasteiger partial charge in [0.1, 0.15) is 15.9 Å². The van der Waals surface area contributed by atoms with E-state index in [9.17, 15) is 18.3 Å². The van der Waals surface area contributed by atoms with Gasteiger partial charge in [-0.15, -0.1) is 0 Å². The van der Waals surface area contributed by atoms with Crippen LogP contribution in [-0.4, -0.2) is 52.7 Å². The quantitative estimate of drug-likeness (QED) is 0.832. The Morgan fingerprint density at radius 3 is 2.65 bits per heavy atom. The van der Waals surface area contributed by atoms with Gasteiger partial charge >= 0.3 is 0 Å². The summed E-state index contributed by atoms with van der Waals surface area (Å²) in [5.74, 6) is -0.544. The monoisotopic (exact) mass is 374 g/mol. The molecule has 1 aromatic heterocycles. The molecule has 0 aliphatic carbocycles. The molecule has 0 bridgehead atoms. The minimum atomic E-state index is -3.33. The second kappa shape index (κ2) is 6.90. The fourth-order valence-corrected chi connectivity index (χ4v) is 3.61. The van der Waals surface area contributed by atoms with E-state index in [0.717, 1.165) is 11.9 Å². The van der Waals surface area contributed by atoms with E-state index in [1.165, 1.54) is 0 Å². The predicted octanol–water partition coefficient (Wildman–Crippen LogP) is 0.489. The largest absolute Gasteiger partial charge is 0.386 e. The lowest BCUT2D eigenvalue weighted by molar-refractivity contribution is 0.0705. The maximum atomic E-state index is 12.6. The molecule has 9 heteroatoms. The fourth-order valence-electron chi connectivity index (χ4n) is 2.87. The number of hydrogen-bond acceptors (Lipinski definition) is 6. The Bertz CT molecular complexity index is 973. The van der Waals surface area contributed by atoms with Crippen LogP contribution in [0.1, 0.15) is 33.4 Å². The average Bonchev–Trinajstić information content (AvgIpc) is 3.03. The number of nitriles is 1. The molecule has 0 unspecified atom stereocenters. The van der Waals surface area contributed by atoms with Crippen LogP contribution in [0.3, 0.4) is 0 Å². The van der Waals surface area contributed by atoms with E-state index < -0.39 is 21.7 Å². The molecule has 0 spiro atoms. The third-order valence-electron chi connectivity index (χ3n) is 4.17. The topological polar surface area (TPSA) is 116 Å². The van der Waals surface area contributed by atoms with Gasteiger partial charge in [-0.05, 0) is 30.3 Å².